The number of ether oxygens (including phenoxy) is 2. The van der Waals surface area contributed by atoms with Crippen molar-refractivity contribution in [2.24, 2.45) is 0 Å². The van der Waals surface area contributed by atoms with Gasteiger partial charge in [0.05, 0.1) is 7.11 Å². The van der Waals surface area contributed by atoms with Crippen LogP contribution in [0.5, 0.6) is 11.5 Å². The minimum Gasteiger partial charge on any atom is -0.494 e. The third-order valence-electron chi connectivity index (χ3n) is 2.78. The summed E-state index contributed by atoms with van der Waals surface area (Å²) < 4.78 is 84.8. The molecule has 0 aliphatic rings. The van der Waals surface area contributed by atoms with Crippen LogP contribution in [0.3, 0.4) is 0 Å². The molecular formula is C14H9F6NO2. The van der Waals surface area contributed by atoms with Gasteiger partial charge in [0, 0.05) is 11.8 Å². The molecule has 0 fully saturated rings. The van der Waals surface area contributed by atoms with Gasteiger partial charge in [0.25, 0.3) is 0 Å². The molecule has 0 saturated heterocycles. The molecule has 0 atom stereocenters. The zero-order valence-corrected chi connectivity index (χ0v) is 11.5. The Morgan fingerprint density at radius 2 is 1.61 bits per heavy atom. The summed E-state index contributed by atoms with van der Waals surface area (Å²) in [5.74, 6) is -1.36. The Hall–Kier alpha value is -2.45. The van der Waals surface area contributed by atoms with Crippen molar-refractivity contribution in [2.75, 3.05) is 7.11 Å². The third kappa shape index (κ3) is 3.85. The van der Waals surface area contributed by atoms with Crippen LogP contribution in [0.2, 0.25) is 0 Å². The van der Waals surface area contributed by atoms with Crippen molar-refractivity contribution in [3.63, 3.8) is 0 Å². The lowest BCUT2D eigenvalue weighted by molar-refractivity contribution is -0.274. The standard InChI is InChI=1S/C14H9F6NO2/c1-22-12-9(13(15,16)17)6-7-21-11(12)8-4-2-3-5-10(8)23-14(18,19)20/h2-7H,1H3. The molecule has 1 aromatic heterocycles. The van der Waals surface area contributed by atoms with Gasteiger partial charge in [-0.3, -0.25) is 4.98 Å². The Labute approximate surface area is 126 Å². The quantitative estimate of drug-likeness (QED) is 0.763. The maximum Gasteiger partial charge on any atom is 0.573 e. The molecule has 0 aliphatic heterocycles. The lowest BCUT2D eigenvalue weighted by Gasteiger charge is -2.17. The van der Waals surface area contributed by atoms with Gasteiger partial charge in [-0.25, -0.2) is 0 Å². The topological polar surface area (TPSA) is 31.4 Å². The van der Waals surface area contributed by atoms with Gasteiger partial charge in [0.15, 0.2) is 5.75 Å². The number of hydrogen-bond acceptors (Lipinski definition) is 3. The van der Waals surface area contributed by atoms with Gasteiger partial charge in [-0.05, 0) is 18.2 Å². The Morgan fingerprint density at radius 1 is 0.957 bits per heavy atom. The van der Waals surface area contributed by atoms with Crippen LogP contribution < -0.4 is 9.47 Å². The van der Waals surface area contributed by atoms with Gasteiger partial charge >= 0.3 is 12.5 Å². The molecule has 0 N–H and O–H groups in total. The van der Waals surface area contributed by atoms with Crippen molar-refractivity contribution < 1.29 is 35.8 Å². The highest BCUT2D eigenvalue weighted by Crippen LogP contribution is 2.43. The summed E-state index contributed by atoms with van der Waals surface area (Å²) in [7, 11) is 0.975. The summed E-state index contributed by atoms with van der Waals surface area (Å²) in [5, 5.41) is 0. The number of alkyl halides is 6. The maximum atomic E-state index is 13.0. The van der Waals surface area contributed by atoms with E-state index in [0.717, 1.165) is 25.4 Å². The first-order chi connectivity index (χ1) is 10.6. The van der Waals surface area contributed by atoms with Crippen LogP contribution in [0.25, 0.3) is 11.3 Å². The van der Waals surface area contributed by atoms with E-state index in [1.54, 1.807) is 0 Å². The van der Waals surface area contributed by atoms with Gasteiger partial charge in [0.2, 0.25) is 0 Å². The SMILES string of the molecule is COc1c(C(F)(F)F)ccnc1-c1ccccc1OC(F)(F)F. The summed E-state index contributed by atoms with van der Waals surface area (Å²) in [6.45, 7) is 0. The van der Waals surface area contributed by atoms with E-state index < -0.39 is 35.3 Å². The van der Waals surface area contributed by atoms with Crippen LogP contribution in [0.15, 0.2) is 36.5 Å². The number of nitrogens with zero attached hydrogens (tertiary/aromatic N) is 1. The number of pyridine rings is 1. The summed E-state index contributed by atoms with van der Waals surface area (Å²) in [6.07, 6.45) is -8.90. The van der Waals surface area contributed by atoms with Gasteiger partial charge < -0.3 is 9.47 Å². The van der Waals surface area contributed by atoms with Gasteiger partial charge in [0.1, 0.15) is 17.0 Å². The molecule has 0 aliphatic carbocycles. The van der Waals surface area contributed by atoms with Crippen molar-refractivity contribution in [3.05, 3.63) is 42.1 Å². The van der Waals surface area contributed by atoms with E-state index in [1.807, 2.05) is 0 Å². The lowest BCUT2D eigenvalue weighted by atomic mass is 10.1. The highest BCUT2D eigenvalue weighted by molar-refractivity contribution is 5.73. The molecule has 0 radical (unpaired) electrons. The van der Waals surface area contributed by atoms with Gasteiger partial charge in [-0.2, -0.15) is 13.2 Å². The zero-order chi connectivity index (χ0) is 17.3. The monoisotopic (exact) mass is 337 g/mol. The summed E-state index contributed by atoms with van der Waals surface area (Å²) in [4.78, 5) is 3.71. The molecule has 1 aromatic carbocycles. The number of benzene rings is 1. The van der Waals surface area contributed by atoms with Gasteiger partial charge in [-0.1, -0.05) is 12.1 Å². The molecule has 23 heavy (non-hydrogen) atoms. The van der Waals surface area contributed by atoms with Crippen molar-refractivity contribution in [1.29, 1.82) is 0 Å². The second-order valence-corrected chi connectivity index (χ2v) is 4.28. The molecule has 2 rings (SSSR count). The number of rotatable bonds is 3. The van der Waals surface area contributed by atoms with E-state index in [4.69, 9.17) is 4.74 Å². The Kier molecular flexibility index (Phi) is 4.39. The molecule has 0 unspecified atom stereocenters. The Morgan fingerprint density at radius 3 is 2.17 bits per heavy atom. The zero-order valence-electron chi connectivity index (χ0n) is 11.5. The largest absolute Gasteiger partial charge is 0.573 e. The summed E-state index contributed by atoms with van der Waals surface area (Å²) in [6, 6.07) is 5.41. The second-order valence-electron chi connectivity index (χ2n) is 4.28. The van der Waals surface area contributed by atoms with Crippen LogP contribution in [-0.4, -0.2) is 18.5 Å². The highest BCUT2D eigenvalue weighted by atomic mass is 19.4. The normalized spacial score (nSPS) is 12.1. The van der Waals surface area contributed by atoms with Crippen LogP contribution in [0, 0.1) is 0 Å². The summed E-state index contributed by atoms with van der Waals surface area (Å²) in [5.41, 5.74) is -1.82. The third-order valence-corrected chi connectivity index (χ3v) is 2.78. The van der Waals surface area contributed by atoms with E-state index in [1.165, 1.54) is 12.1 Å². The molecule has 0 spiro atoms. The maximum absolute atomic E-state index is 13.0. The second kappa shape index (κ2) is 5.98. The van der Waals surface area contributed by atoms with Crippen molar-refractivity contribution in [2.45, 2.75) is 12.5 Å². The fraction of sp³-hybridized carbons (Fsp3) is 0.214. The Balaban J connectivity index is 2.64. The molecule has 0 saturated carbocycles. The molecule has 1 heterocycles. The van der Waals surface area contributed by atoms with Crippen molar-refractivity contribution >= 4 is 0 Å². The van der Waals surface area contributed by atoms with Crippen LogP contribution in [0.1, 0.15) is 5.56 Å². The first-order valence-electron chi connectivity index (χ1n) is 6.09. The average molecular weight is 337 g/mol. The van der Waals surface area contributed by atoms with Gasteiger partial charge in [-0.15, -0.1) is 13.2 Å². The van der Waals surface area contributed by atoms with Crippen molar-refractivity contribution in [3.8, 4) is 22.8 Å². The average Bonchev–Trinajstić information content (AvgIpc) is 2.44. The molecular weight excluding hydrogens is 328 g/mol. The van der Waals surface area contributed by atoms with E-state index in [-0.39, 0.29) is 5.56 Å². The summed E-state index contributed by atoms with van der Waals surface area (Å²) >= 11 is 0. The van der Waals surface area contributed by atoms with Crippen LogP contribution in [0.4, 0.5) is 26.3 Å². The predicted molar refractivity (Wildman–Crippen MR) is 67.9 cm³/mol. The number of methoxy groups -OCH3 is 1. The first-order valence-corrected chi connectivity index (χ1v) is 6.09. The molecule has 9 heteroatoms. The van der Waals surface area contributed by atoms with E-state index in [2.05, 4.69) is 9.72 Å². The van der Waals surface area contributed by atoms with Crippen molar-refractivity contribution in [1.82, 2.24) is 4.98 Å². The van der Waals surface area contributed by atoms with Crippen LogP contribution in [-0.2, 0) is 6.18 Å². The molecule has 0 amide bonds. The number of para-hydroxylation sites is 1. The first kappa shape index (κ1) is 16.9. The number of hydrogen-bond donors (Lipinski definition) is 0. The minimum absolute atomic E-state index is 0.271. The molecule has 0 bridgehead atoms. The molecule has 124 valence electrons. The Bertz CT molecular complexity index is 696. The molecule has 3 nitrogen and oxygen atoms in total. The molecule has 2 aromatic rings. The smallest absolute Gasteiger partial charge is 0.494 e. The number of aromatic nitrogens is 1. The van der Waals surface area contributed by atoms with E-state index >= 15 is 0 Å². The highest BCUT2D eigenvalue weighted by Gasteiger charge is 2.37. The van der Waals surface area contributed by atoms with Crippen LogP contribution >= 0.6 is 0 Å². The lowest BCUT2D eigenvalue weighted by Crippen LogP contribution is -2.18. The van der Waals surface area contributed by atoms with E-state index in [9.17, 15) is 26.3 Å². The fourth-order valence-electron chi connectivity index (χ4n) is 1.95. The number of halogens is 6. The predicted octanol–water partition coefficient (Wildman–Crippen LogP) is 4.67. The van der Waals surface area contributed by atoms with E-state index in [0.29, 0.717) is 6.07 Å². The fourth-order valence-corrected chi connectivity index (χ4v) is 1.95. The minimum atomic E-state index is -5.00.